The van der Waals surface area contributed by atoms with E-state index < -0.39 is 0 Å². The lowest BCUT2D eigenvalue weighted by Gasteiger charge is -2.27. The van der Waals surface area contributed by atoms with Gasteiger partial charge in [0.25, 0.3) is 5.91 Å². The predicted molar refractivity (Wildman–Crippen MR) is 100 cm³/mol. The minimum Gasteiger partial charge on any atom is -0.493 e. The predicted octanol–water partition coefficient (Wildman–Crippen LogP) is 1.77. The van der Waals surface area contributed by atoms with Crippen molar-refractivity contribution < 1.29 is 19.4 Å². The molecule has 1 amide bonds. The van der Waals surface area contributed by atoms with Crippen molar-refractivity contribution in [2.24, 2.45) is 0 Å². The van der Waals surface area contributed by atoms with Crippen LogP contribution in [0.4, 0.5) is 0 Å². The van der Waals surface area contributed by atoms with Crippen LogP contribution in [0.5, 0.6) is 11.5 Å². The molecule has 0 bridgehead atoms. The molecule has 2 heterocycles. The second kappa shape index (κ2) is 7.28. The molecule has 2 N–H and O–H groups in total. The number of hydrogen-bond donors (Lipinski definition) is 2. The van der Waals surface area contributed by atoms with E-state index >= 15 is 0 Å². The number of ether oxygens (including phenoxy) is 2. The van der Waals surface area contributed by atoms with E-state index in [4.69, 9.17) is 14.6 Å². The van der Waals surface area contributed by atoms with E-state index in [2.05, 4.69) is 10.3 Å². The number of fused-ring (bicyclic) bond motifs is 2. The van der Waals surface area contributed by atoms with Crippen molar-refractivity contribution >= 4 is 16.9 Å². The number of hydrogen-bond acceptors (Lipinski definition) is 5. The van der Waals surface area contributed by atoms with Gasteiger partial charge in [-0.25, -0.2) is 4.98 Å². The number of nitrogens with one attached hydrogen (secondary N) is 1. The van der Waals surface area contributed by atoms with E-state index in [0.29, 0.717) is 30.9 Å². The molecule has 3 aromatic rings. The highest BCUT2D eigenvalue weighted by Gasteiger charge is 2.24. The Bertz CT molecular complexity index is 983. The van der Waals surface area contributed by atoms with Gasteiger partial charge in [-0.1, -0.05) is 12.1 Å². The number of rotatable bonds is 5. The number of nitrogens with zero attached hydrogens (tertiary/aromatic N) is 2. The average molecular weight is 367 g/mol. The fourth-order valence-corrected chi connectivity index (χ4v) is 3.41. The van der Waals surface area contributed by atoms with Gasteiger partial charge in [0.1, 0.15) is 6.61 Å². The summed E-state index contributed by atoms with van der Waals surface area (Å²) in [7, 11) is 1.62. The second-order valence-corrected chi connectivity index (χ2v) is 6.50. The molecule has 0 radical (unpaired) electrons. The molecule has 140 valence electrons. The highest BCUT2D eigenvalue weighted by molar-refractivity contribution is 5.97. The van der Waals surface area contributed by atoms with Gasteiger partial charge < -0.3 is 24.5 Å². The third-order valence-corrected chi connectivity index (χ3v) is 4.73. The van der Waals surface area contributed by atoms with Crippen LogP contribution in [0, 0.1) is 0 Å². The SMILES string of the molecule is COc1cccc2c1OC[C@H](NC(=O)c1ccc3c(c1)ncn3CCO)C2. The molecule has 1 atom stereocenters. The summed E-state index contributed by atoms with van der Waals surface area (Å²) in [6, 6.07) is 11.0. The number of para-hydroxylation sites is 1. The number of aliphatic hydroxyl groups is 1. The Balaban J connectivity index is 1.48. The first-order valence-electron chi connectivity index (χ1n) is 8.85. The summed E-state index contributed by atoms with van der Waals surface area (Å²) in [6.07, 6.45) is 2.35. The third-order valence-electron chi connectivity index (χ3n) is 4.73. The van der Waals surface area contributed by atoms with E-state index in [1.165, 1.54) is 0 Å². The molecule has 0 unspecified atom stereocenters. The van der Waals surface area contributed by atoms with Crippen LogP contribution in [0.3, 0.4) is 0 Å². The topological polar surface area (TPSA) is 85.6 Å². The van der Waals surface area contributed by atoms with Gasteiger partial charge >= 0.3 is 0 Å². The Morgan fingerprint density at radius 1 is 1.41 bits per heavy atom. The Kier molecular flexibility index (Phi) is 4.68. The van der Waals surface area contributed by atoms with Gasteiger partial charge in [-0.15, -0.1) is 0 Å². The average Bonchev–Trinajstić information content (AvgIpc) is 3.09. The fourth-order valence-electron chi connectivity index (χ4n) is 3.41. The van der Waals surface area contributed by atoms with Crippen LogP contribution in [0.2, 0.25) is 0 Å². The number of imidazole rings is 1. The maximum atomic E-state index is 12.7. The van der Waals surface area contributed by atoms with Crippen molar-refractivity contribution in [2.45, 2.75) is 19.0 Å². The minimum absolute atomic E-state index is 0.0433. The van der Waals surface area contributed by atoms with Crippen molar-refractivity contribution in [2.75, 3.05) is 20.3 Å². The molecule has 1 aliphatic rings. The van der Waals surface area contributed by atoms with E-state index in [0.717, 1.165) is 22.3 Å². The highest BCUT2D eigenvalue weighted by Crippen LogP contribution is 2.34. The number of amides is 1. The quantitative estimate of drug-likeness (QED) is 0.718. The van der Waals surface area contributed by atoms with Gasteiger partial charge in [-0.3, -0.25) is 4.79 Å². The number of carbonyl (C=O) groups excluding carboxylic acids is 1. The number of benzene rings is 2. The van der Waals surface area contributed by atoms with Crippen LogP contribution < -0.4 is 14.8 Å². The zero-order valence-electron chi connectivity index (χ0n) is 15.0. The molecule has 4 rings (SSSR count). The largest absolute Gasteiger partial charge is 0.493 e. The fraction of sp³-hybridized carbons (Fsp3) is 0.300. The van der Waals surface area contributed by atoms with Crippen LogP contribution in [0.25, 0.3) is 11.0 Å². The van der Waals surface area contributed by atoms with Crippen LogP contribution >= 0.6 is 0 Å². The van der Waals surface area contributed by atoms with Gasteiger partial charge in [-0.05, 0) is 30.7 Å². The van der Waals surface area contributed by atoms with Gasteiger partial charge in [0, 0.05) is 17.7 Å². The monoisotopic (exact) mass is 367 g/mol. The molecule has 0 spiro atoms. The van der Waals surface area contributed by atoms with Crippen molar-refractivity contribution in [1.29, 1.82) is 0 Å². The summed E-state index contributed by atoms with van der Waals surface area (Å²) in [6.45, 7) is 0.915. The zero-order valence-corrected chi connectivity index (χ0v) is 15.0. The second-order valence-electron chi connectivity index (χ2n) is 6.50. The molecule has 7 heteroatoms. The Labute approximate surface area is 156 Å². The third kappa shape index (κ3) is 3.33. The summed E-state index contributed by atoms with van der Waals surface area (Å²) in [5, 5.41) is 12.1. The van der Waals surface area contributed by atoms with E-state index in [9.17, 15) is 4.79 Å². The Morgan fingerprint density at radius 3 is 3.11 bits per heavy atom. The lowest BCUT2D eigenvalue weighted by atomic mass is 10.0. The standard InChI is InChI=1S/C20H21N3O4/c1-26-18-4-2-3-13-9-15(11-27-19(13)18)22-20(25)14-5-6-17-16(10-14)21-12-23(17)7-8-24/h2-6,10,12,15,24H,7-9,11H2,1H3,(H,22,25)/t15-/m1/s1. The number of carbonyl (C=O) groups is 1. The van der Waals surface area contributed by atoms with E-state index in [-0.39, 0.29) is 18.6 Å². The molecule has 1 aliphatic heterocycles. The van der Waals surface area contributed by atoms with Crippen LogP contribution in [0.1, 0.15) is 15.9 Å². The van der Waals surface area contributed by atoms with Crippen LogP contribution in [0.15, 0.2) is 42.7 Å². The van der Waals surface area contributed by atoms with E-state index in [1.807, 2.05) is 28.8 Å². The number of aromatic nitrogens is 2. The molecular weight excluding hydrogens is 346 g/mol. The highest BCUT2D eigenvalue weighted by atomic mass is 16.5. The lowest BCUT2D eigenvalue weighted by Crippen LogP contribution is -2.42. The Morgan fingerprint density at radius 2 is 2.30 bits per heavy atom. The molecule has 0 aliphatic carbocycles. The molecular formula is C20H21N3O4. The van der Waals surface area contributed by atoms with Crippen molar-refractivity contribution in [3.8, 4) is 11.5 Å². The van der Waals surface area contributed by atoms with Gasteiger partial charge in [0.2, 0.25) is 0 Å². The van der Waals surface area contributed by atoms with Gasteiger partial charge in [0.15, 0.2) is 11.5 Å². The first kappa shape index (κ1) is 17.4. The van der Waals surface area contributed by atoms with Crippen molar-refractivity contribution in [3.63, 3.8) is 0 Å². The first-order chi connectivity index (χ1) is 13.2. The minimum atomic E-state index is -0.159. The molecule has 2 aromatic carbocycles. The molecule has 0 saturated heterocycles. The van der Waals surface area contributed by atoms with Crippen LogP contribution in [-0.2, 0) is 13.0 Å². The van der Waals surface area contributed by atoms with E-state index in [1.54, 1.807) is 25.6 Å². The molecule has 1 aromatic heterocycles. The normalized spacial score (nSPS) is 15.9. The summed E-state index contributed by atoms with van der Waals surface area (Å²) >= 11 is 0. The van der Waals surface area contributed by atoms with Crippen LogP contribution in [-0.4, -0.2) is 46.9 Å². The molecule has 7 nitrogen and oxygen atoms in total. The maximum Gasteiger partial charge on any atom is 0.251 e. The first-order valence-corrected chi connectivity index (χ1v) is 8.85. The summed E-state index contributed by atoms with van der Waals surface area (Å²) in [5.74, 6) is 1.30. The number of aliphatic hydroxyl groups excluding tert-OH is 1. The zero-order chi connectivity index (χ0) is 18.8. The summed E-state index contributed by atoms with van der Waals surface area (Å²) < 4.78 is 13.0. The van der Waals surface area contributed by atoms with Gasteiger partial charge in [0.05, 0.1) is 37.1 Å². The maximum absolute atomic E-state index is 12.7. The number of methoxy groups -OCH3 is 1. The van der Waals surface area contributed by atoms with Gasteiger partial charge in [-0.2, -0.15) is 0 Å². The van der Waals surface area contributed by atoms with Crippen molar-refractivity contribution in [3.05, 3.63) is 53.9 Å². The van der Waals surface area contributed by atoms with Crippen molar-refractivity contribution in [1.82, 2.24) is 14.9 Å². The summed E-state index contributed by atoms with van der Waals surface area (Å²) in [5.41, 5.74) is 3.19. The molecule has 0 fully saturated rings. The lowest BCUT2D eigenvalue weighted by molar-refractivity contribution is 0.0914. The molecule has 0 saturated carbocycles. The summed E-state index contributed by atoms with van der Waals surface area (Å²) in [4.78, 5) is 17.0. The Hall–Kier alpha value is -3.06. The molecule has 27 heavy (non-hydrogen) atoms. The smallest absolute Gasteiger partial charge is 0.251 e.